The predicted molar refractivity (Wildman–Crippen MR) is 79.9 cm³/mol. The van der Waals surface area contributed by atoms with E-state index >= 15 is 0 Å². The molecule has 1 unspecified atom stereocenters. The first-order valence-electron chi connectivity index (χ1n) is 6.47. The van der Waals surface area contributed by atoms with Crippen molar-refractivity contribution in [2.24, 2.45) is 0 Å². The lowest BCUT2D eigenvalue weighted by molar-refractivity contribution is 0.584. The normalized spacial score (nSPS) is 13.3. The van der Waals surface area contributed by atoms with Crippen molar-refractivity contribution in [1.82, 2.24) is 4.72 Å². The van der Waals surface area contributed by atoms with E-state index in [2.05, 4.69) is 23.5 Å². The van der Waals surface area contributed by atoms with Crippen molar-refractivity contribution in [2.45, 2.75) is 38.1 Å². The largest absolute Gasteiger partial charge is 0.399 e. The summed E-state index contributed by atoms with van der Waals surface area (Å²) in [5.74, 6) is 0. The molecule has 0 aliphatic rings. The molecule has 3 N–H and O–H groups in total. The maximum Gasteiger partial charge on any atom is 0.242 e. The number of hydrogen-bond donors (Lipinski definition) is 2. The van der Waals surface area contributed by atoms with Crippen LogP contribution in [0.15, 0.2) is 23.1 Å². The molecule has 0 aliphatic heterocycles. The fourth-order valence-electron chi connectivity index (χ4n) is 2.03. The molecule has 19 heavy (non-hydrogen) atoms. The van der Waals surface area contributed by atoms with Gasteiger partial charge in [0.15, 0.2) is 0 Å². The summed E-state index contributed by atoms with van der Waals surface area (Å²) in [6.07, 6.45) is 0.942. The predicted octanol–water partition coefficient (Wildman–Crippen LogP) is 1.80. The van der Waals surface area contributed by atoms with Crippen LogP contribution in [0.25, 0.3) is 0 Å². The van der Waals surface area contributed by atoms with Crippen LogP contribution in [-0.2, 0) is 10.0 Å². The van der Waals surface area contributed by atoms with Gasteiger partial charge in [0.2, 0.25) is 10.0 Å². The van der Waals surface area contributed by atoms with Gasteiger partial charge in [0.25, 0.3) is 0 Å². The Morgan fingerprint density at radius 3 is 2.47 bits per heavy atom. The van der Waals surface area contributed by atoms with Crippen molar-refractivity contribution in [1.29, 1.82) is 0 Å². The molecule has 0 bridgehead atoms. The SMILES string of the molecule is CCC(C)N(CC)c1ccc(N)cc1S(=O)(=O)NC. The zero-order chi connectivity index (χ0) is 14.6. The molecule has 0 amide bonds. The Kier molecular flexibility index (Phi) is 5.20. The number of hydrogen-bond acceptors (Lipinski definition) is 4. The Labute approximate surface area is 115 Å². The lowest BCUT2D eigenvalue weighted by Crippen LogP contribution is -2.34. The highest BCUT2D eigenvalue weighted by Crippen LogP contribution is 2.29. The fourth-order valence-corrected chi connectivity index (χ4v) is 3.00. The van der Waals surface area contributed by atoms with E-state index in [1.165, 1.54) is 13.1 Å². The molecule has 1 aromatic carbocycles. The summed E-state index contributed by atoms with van der Waals surface area (Å²) in [7, 11) is -2.12. The second-order valence-electron chi connectivity index (χ2n) is 4.48. The van der Waals surface area contributed by atoms with Crippen LogP contribution < -0.4 is 15.4 Å². The molecule has 0 radical (unpaired) electrons. The van der Waals surface area contributed by atoms with E-state index in [4.69, 9.17) is 5.73 Å². The van der Waals surface area contributed by atoms with Crippen LogP contribution in [0.1, 0.15) is 27.2 Å². The van der Waals surface area contributed by atoms with E-state index in [0.717, 1.165) is 13.0 Å². The number of rotatable bonds is 6. The Bertz CT molecular complexity index is 529. The summed E-state index contributed by atoms with van der Waals surface area (Å²) in [5.41, 5.74) is 6.86. The molecule has 108 valence electrons. The monoisotopic (exact) mass is 285 g/mol. The smallest absolute Gasteiger partial charge is 0.242 e. The molecule has 1 atom stereocenters. The summed E-state index contributed by atoms with van der Waals surface area (Å²) >= 11 is 0. The number of anilines is 2. The summed E-state index contributed by atoms with van der Waals surface area (Å²) < 4.78 is 26.6. The molecule has 0 saturated heterocycles. The zero-order valence-electron chi connectivity index (χ0n) is 12.0. The lowest BCUT2D eigenvalue weighted by atomic mass is 10.2. The van der Waals surface area contributed by atoms with Gasteiger partial charge in [-0.05, 0) is 45.5 Å². The molecule has 5 nitrogen and oxygen atoms in total. The topological polar surface area (TPSA) is 75.4 Å². The average Bonchev–Trinajstić information content (AvgIpc) is 2.40. The summed E-state index contributed by atoms with van der Waals surface area (Å²) in [6, 6.07) is 5.27. The number of nitrogens with one attached hydrogen (secondary N) is 1. The standard InChI is InChI=1S/C13H23N3O2S/c1-5-10(3)16(6-2)12-8-7-11(14)9-13(12)19(17,18)15-4/h7-10,15H,5-6,14H2,1-4H3. The molecular weight excluding hydrogens is 262 g/mol. The first-order chi connectivity index (χ1) is 8.87. The van der Waals surface area contributed by atoms with Gasteiger partial charge >= 0.3 is 0 Å². The van der Waals surface area contributed by atoms with Crippen molar-refractivity contribution in [3.63, 3.8) is 0 Å². The third kappa shape index (κ3) is 3.39. The van der Waals surface area contributed by atoms with E-state index in [1.807, 2.05) is 6.92 Å². The number of nitrogen functional groups attached to an aromatic ring is 1. The molecule has 0 aliphatic carbocycles. The van der Waals surface area contributed by atoms with Crippen LogP contribution >= 0.6 is 0 Å². The van der Waals surface area contributed by atoms with E-state index < -0.39 is 10.0 Å². The first kappa shape index (κ1) is 15.8. The highest BCUT2D eigenvalue weighted by Gasteiger charge is 2.22. The zero-order valence-corrected chi connectivity index (χ0v) is 12.8. The van der Waals surface area contributed by atoms with Gasteiger partial charge in [0, 0.05) is 18.3 Å². The van der Waals surface area contributed by atoms with Crippen molar-refractivity contribution in [3.05, 3.63) is 18.2 Å². The van der Waals surface area contributed by atoms with E-state index in [0.29, 0.717) is 11.4 Å². The van der Waals surface area contributed by atoms with Crippen molar-refractivity contribution < 1.29 is 8.42 Å². The minimum atomic E-state index is -3.52. The van der Waals surface area contributed by atoms with Gasteiger partial charge in [-0.15, -0.1) is 0 Å². The second kappa shape index (κ2) is 6.25. The quantitative estimate of drug-likeness (QED) is 0.782. The van der Waals surface area contributed by atoms with Gasteiger partial charge in [-0.3, -0.25) is 0 Å². The van der Waals surface area contributed by atoms with Gasteiger partial charge in [-0.25, -0.2) is 13.1 Å². The number of nitrogens with zero attached hydrogens (tertiary/aromatic N) is 1. The molecule has 0 spiro atoms. The fraction of sp³-hybridized carbons (Fsp3) is 0.538. The number of sulfonamides is 1. The highest BCUT2D eigenvalue weighted by atomic mass is 32.2. The van der Waals surface area contributed by atoms with E-state index in [1.54, 1.807) is 12.1 Å². The second-order valence-corrected chi connectivity index (χ2v) is 6.33. The Hall–Kier alpha value is -1.27. The molecule has 6 heteroatoms. The Morgan fingerprint density at radius 2 is 2.00 bits per heavy atom. The van der Waals surface area contributed by atoms with Crippen LogP contribution in [0.3, 0.4) is 0 Å². The van der Waals surface area contributed by atoms with E-state index in [-0.39, 0.29) is 10.9 Å². The first-order valence-corrected chi connectivity index (χ1v) is 7.95. The molecule has 0 fully saturated rings. The van der Waals surface area contributed by atoms with Crippen LogP contribution in [0.4, 0.5) is 11.4 Å². The summed E-state index contributed by atoms with van der Waals surface area (Å²) in [6.45, 7) is 6.91. The number of nitrogens with two attached hydrogens (primary N) is 1. The van der Waals surface area contributed by atoms with Crippen molar-refractivity contribution >= 4 is 21.4 Å². The minimum absolute atomic E-state index is 0.233. The minimum Gasteiger partial charge on any atom is -0.399 e. The highest BCUT2D eigenvalue weighted by molar-refractivity contribution is 7.89. The van der Waals surface area contributed by atoms with Gasteiger partial charge in [-0.1, -0.05) is 6.92 Å². The van der Waals surface area contributed by atoms with Crippen LogP contribution in [0.2, 0.25) is 0 Å². The molecule has 0 heterocycles. The lowest BCUT2D eigenvalue weighted by Gasteiger charge is -2.31. The van der Waals surface area contributed by atoms with Gasteiger partial charge in [0.1, 0.15) is 4.90 Å². The van der Waals surface area contributed by atoms with Gasteiger partial charge in [-0.2, -0.15) is 0 Å². The summed E-state index contributed by atoms with van der Waals surface area (Å²) in [4.78, 5) is 2.31. The third-order valence-electron chi connectivity index (χ3n) is 3.32. The van der Waals surface area contributed by atoms with E-state index in [9.17, 15) is 8.42 Å². The van der Waals surface area contributed by atoms with Crippen LogP contribution in [0, 0.1) is 0 Å². The number of benzene rings is 1. The molecular formula is C13H23N3O2S. The molecule has 0 saturated carbocycles. The van der Waals surface area contributed by atoms with Gasteiger partial charge in [0.05, 0.1) is 5.69 Å². The van der Waals surface area contributed by atoms with Crippen molar-refractivity contribution in [3.8, 4) is 0 Å². The summed E-state index contributed by atoms with van der Waals surface area (Å²) in [5, 5.41) is 0. The maximum absolute atomic E-state index is 12.1. The van der Waals surface area contributed by atoms with Crippen LogP contribution in [-0.4, -0.2) is 28.1 Å². The van der Waals surface area contributed by atoms with Crippen LogP contribution in [0.5, 0.6) is 0 Å². The molecule has 0 aromatic heterocycles. The maximum atomic E-state index is 12.1. The van der Waals surface area contributed by atoms with Gasteiger partial charge < -0.3 is 10.6 Å². The van der Waals surface area contributed by atoms with Crippen molar-refractivity contribution in [2.75, 3.05) is 24.2 Å². The molecule has 1 rings (SSSR count). The Morgan fingerprint density at radius 1 is 1.37 bits per heavy atom. The Balaban J connectivity index is 3.43. The average molecular weight is 285 g/mol. The third-order valence-corrected chi connectivity index (χ3v) is 4.76. The molecule has 1 aromatic rings.